The molecule has 1 amide bonds. The molecule has 72 valence electrons. The molecular formula is C9H15NOSSi. The molecule has 1 aromatic rings. The average molecular weight is 213 g/mol. The lowest BCUT2D eigenvalue weighted by atomic mass is 10.3. The Balaban J connectivity index is 3.10. The summed E-state index contributed by atoms with van der Waals surface area (Å²) in [6.45, 7) is 6.77. The monoisotopic (exact) mass is 213 g/mol. The van der Waals surface area contributed by atoms with E-state index in [1.165, 1.54) is 4.50 Å². The Kier molecular flexibility index (Phi) is 2.93. The van der Waals surface area contributed by atoms with E-state index in [0.29, 0.717) is 0 Å². The number of hydrogen-bond donors (Lipinski definition) is 1. The summed E-state index contributed by atoms with van der Waals surface area (Å²) in [5.41, 5.74) is 0.867. The molecule has 1 rings (SSSR count). The maximum Gasteiger partial charge on any atom is 0.251 e. The minimum atomic E-state index is -1.35. The molecule has 0 unspecified atom stereocenters. The van der Waals surface area contributed by atoms with E-state index in [1.807, 2.05) is 11.4 Å². The molecule has 0 bridgehead atoms. The smallest absolute Gasteiger partial charge is 0.251 e. The number of hydrogen-bond acceptors (Lipinski definition) is 2. The van der Waals surface area contributed by atoms with Crippen molar-refractivity contribution in [1.29, 1.82) is 0 Å². The summed E-state index contributed by atoms with van der Waals surface area (Å²) < 4.78 is 1.28. The van der Waals surface area contributed by atoms with Gasteiger partial charge in [-0.25, -0.2) is 0 Å². The zero-order chi connectivity index (χ0) is 10.1. The van der Waals surface area contributed by atoms with Crippen LogP contribution in [-0.4, -0.2) is 21.0 Å². The largest absolute Gasteiger partial charge is 0.355 e. The van der Waals surface area contributed by atoms with Crippen LogP contribution in [0.5, 0.6) is 0 Å². The highest BCUT2D eigenvalue weighted by molar-refractivity contribution is 7.25. The van der Waals surface area contributed by atoms with Gasteiger partial charge in [0.1, 0.15) is 0 Å². The third-order valence-corrected chi connectivity index (χ3v) is 6.37. The molecule has 0 aliphatic rings. The maximum atomic E-state index is 11.5. The molecule has 4 heteroatoms. The molecule has 0 aromatic carbocycles. The van der Waals surface area contributed by atoms with Crippen molar-refractivity contribution in [1.82, 2.24) is 5.32 Å². The van der Waals surface area contributed by atoms with Crippen molar-refractivity contribution in [2.75, 3.05) is 7.05 Å². The number of rotatable bonds is 2. The Hall–Kier alpha value is -0.613. The van der Waals surface area contributed by atoms with Gasteiger partial charge in [0, 0.05) is 17.1 Å². The van der Waals surface area contributed by atoms with Crippen molar-refractivity contribution in [3.05, 3.63) is 17.0 Å². The van der Waals surface area contributed by atoms with Crippen molar-refractivity contribution < 1.29 is 4.79 Å². The first kappa shape index (κ1) is 10.5. The molecule has 0 atom stereocenters. The minimum Gasteiger partial charge on any atom is -0.355 e. The van der Waals surface area contributed by atoms with Gasteiger partial charge in [-0.2, -0.15) is 11.3 Å². The first-order valence-corrected chi connectivity index (χ1v) is 8.65. The van der Waals surface area contributed by atoms with Crippen LogP contribution in [0.25, 0.3) is 0 Å². The summed E-state index contributed by atoms with van der Waals surface area (Å²) in [7, 11) is 0.328. The first-order chi connectivity index (χ1) is 5.96. The molecule has 0 aliphatic heterocycles. The van der Waals surface area contributed by atoms with E-state index >= 15 is 0 Å². The van der Waals surface area contributed by atoms with Crippen molar-refractivity contribution in [3.8, 4) is 0 Å². The van der Waals surface area contributed by atoms with Crippen LogP contribution in [0.4, 0.5) is 0 Å². The minimum absolute atomic E-state index is 0.0404. The van der Waals surface area contributed by atoms with E-state index in [1.54, 1.807) is 18.4 Å². The van der Waals surface area contributed by atoms with Crippen LogP contribution in [0, 0.1) is 0 Å². The van der Waals surface area contributed by atoms with Crippen LogP contribution in [0.1, 0.15) is 10.4 Å². The van der Waals surface area contributed by atoms with E-state index in [4.69, 9.17) is 0 Å². The Morgan fingerprint density at radius 3 is 2.54 bits per heavy atom. The first-order valence-electron chi connectivity index (χ1n) is 4.27. The summed E-state index contributed by atoms with van der Waals surface area (Å²) >= 11 is 1.70. The van der Waals surface area contributed by atoms with E-state index in [9.17, 15) is 4.79 Å². The van der Waals surface area contributed by atoms with Gasteiger partial charge in [-0.15, -0.1) is 0 Å². The standard InChI is InChI=1S/C9H15NOSSi/c1-10-8(11)7-5-6-12-9(7)13(2,3)4/h5-6H,1-4H3,(H,10,11). The maximum absolute atomic E-state index is 11.5. The number of carbonyl (C=O) groups is 1. The Morgan fingerprint density at radius 2 is 2.08 bits per heavy atom. The summed E-state index contributed by atoms with van der Waals surface area (Å²) in [5.74, 6) is 0.0404. The molecule has 2 nitrogen and oxygen atoms in total. The van der Waals surface area contributed by atoms with Crippen molar-refractivity contribution in [2.45, 2.75) is 19.6 Å². The van der Waals surface area contributed by atoms with Gasteiger partial charge in [-0.3, -0.25) is 4.79 Å². The van der Waals surface area contributed by atoms with Gasteiger partial charge in [-0.1, -0.05) is 19.6 Å². The lowest BCUT2D eigenvalue weighted by molar-refractivity contribution is 0.0964. The second-order valence-electron chi connectivity index (χ2n) is 3.99. The van der Waals surface area contributed by atoms with Gasteiger partial charge < -0.3 is 5.32 Å². The Labute approximate surface area is 84.0 Å². The number of carbonyl (C=O) groups excluding carboxylic acids is 1. The Morgan fingerprint density at radius 1 is 1.46 bits per heavy atom. The van der Waals surface area contributed by atoms with E-state index in [0.717, 1.165) is 5.56 Å². The molecule has 0 spiro atoms. The summed E-state index contributed by atoms with van der Waals surface area (Å²) in [5, 5.41) is 4.67. The predicted octanol–water partition coefficient (Wildman–Crippen LogP) is 1.65. The van der Waals surface area contributed by atoms with Crippen LogP contribution in [0.15, 0.2) is 11.4 Å². The Bertz CT molecular complexity index is 314. The van der Waals surface area contributed by atoms with Crippen LogP contribution in [-0.2, 0) is 0 Å². The normalized spacial score (nSPS) is 11.4. The second kappa shape index (κ2) is 3.63. The second-order valence-corrected chi connectivity index (χ2v) is 10.3. The van der Waals surface area contributed by atoms with E-state index in [-0.39, 0.29) is 5.91 Å². The van der Waals surface area contributed by atoms with Crippen molar-refractivity contribution in [3.63, 3.8) is 0 Å². The van der Waals surface area contributed by atoms with Gasteiger partial charge in [0.25, 0.3) is 5.91 Å². The summed E-state index contributed by atoms with van der Waals surface area (Å²) in [6.07, 6.45) is 0. The molecule has 0 fully saturated rings. The van der Waals surface area contributed by atoms with Gasteiger partial charge in [0.2, 0.25) is 0 Å². The fraction of sp³-hybridized carbons (Fsp3) is 0.444. The summed E-state index contributed by atoms with van der Waals surface area (Å²) in [6, 6.07) is 1.91. The molecule has 0 saturated carbocycles. The zero-order valence-corrected chi connectivity index (χ0v) is 10.3. The van der Waals surface area contributed by atoms with Gasteiger partial charge in [-0.05, 0) is 11.4 Å². The number of thiophene rings is 1. The molecule has 0 aliphatic carbocycles. The lowest BCUT2D eigenvalue weighted by Gasteiger charge is -2.15. The lowest BCUT2D eigenvalue weighted by Crippen LogP contribution is -2.40. The average Bonchev–Trinajstić information content (AvgIpc) is 2.49. The molecule has 1 heterocycles. The topological polar surface area (TPSA) is 29.1 Å². The molecule has 1 aromatic heterocycles. The molecule has 0 radical (unpaired) electrons. The molecular weight excluding hydrogens is 198 g/mol. The fourth-order valence-electron chi connectivity index (χ4n) is 1.20. The van der Waals surface area contributed by atoms with Gasteiger partial charge in [0.15, 0.2) is 0 Å². The molecule has 0 saturated heterocycles. The van der Waals surface area contributed by atoms with Crippen LogP contribution in [0.2, 0.25) is 19.6 Å². The third-order valence-electron chi connectivity index (χ3n) is 1.82. The molecule has 1 N–H and O–H groups in total. The highest BCUT2D eigenvalue weighted by Crippen LogP contribution is 2.12. The fourth-order valence-corrected chi connectivity index (χ4v) is 4.45. The summed E-state index contributed by atoms with van der Waals surface area (Å²) in [4.78, 5) is 11.5. The third kappa shape index (κ3) is 2.19. The zero-order valence-electron chi connectivity index (χ0n) is 8.47. The van der Waals surface area contributed by atoms with Crippen molar-refractivity contribution in [2.24, 2.45) is 0 Å². The highest BCUT2D eigenvalue weighted by atomic mass is 32.1. The van der Waals surface area contributed by atoms with Crippen LogP contribution >= 0.6 is 11.3 Å². The van der Waals surface area contributed by atoms with Crippen LogP contribution < -0.4 is 9.82 Å². The quantitative estimate of drug-likeness (QED) is 0.744. The molecule has 13 heavy (non-hydrogen) atoms. The van der Waals surface area contributed by atoms with E-state index in [2.05, 4.69) is 25.0 Å². The highest BCUT2D eigenvalue weighted by Gasteiger charge is 2.24. The van der Waals surface area contributed by atoms with E-state index < -0.39 is 8.07 Å². The number of amides is 1. The predicted molar refractivity (Wildman–Crippen MR) is 60.7 cm³/mol. The van der Waals surface area contributed by atoms with Gasteiger partial charge in [0.05, 0.1) is 8.07 Å². The number of nitrogens with one attached hydrogen (secondary N) is 1. The van der Waals surface area contributed by atoms with Crippen LogP contribution in [0.3, 0.4) is 0 Å². The van der Waals surface area contributed by atoms with Crippen molar-refractivity contribution >= 4 is 29.8 Å². The van der Waals surface area contributed by atoms with Gasteiger partial charge >= 0.3 is 0 Å². The SMILES string of the molecule is CNC(=O)c1ccsc1[Si](C)(C)C.